The number of fused-ring (bicyclic) bond motifs is 1. The monoisotopic (exact) mass is 286 g/mol. The third-order valence-electron chi connectivity index (χ3n) is 3.18. The van der Waals surface area contributed by atoms with Gasteiger partial charge in [0.1, 0.15) is 5.82 Å². The van der Waals surface area contributed by atoms with Gasteiger partial charge in [-0.05, 0) is 36.2 Å². The average molecular weight is 286 g/mol. The van der Waals surface area contributed by atoms with Crippen LogP contribution in [0.15, 0.2) is 30.3 Å². The number of hydrogen-bond donors (Lipinski definition) is 2. The van der Waals surface area contributed by atoms with E-state index in [2.05, 4.69) is 24.1 Å². The highest BCUT2D eigenvalue weighted by Crippen LogP contribution is 2.19. The van der Waals surface area contributed by atoms with Crippen LogP contribution in [0.2, 0.25) is 0 Å². The number of anilines is 2. The fraction of sp³-hybridized carbons (Fsp3) is 0.375. The Morgan fingerprint density at radius 3 is 2.81 bits per heavy atom. The van der Waals surface area contributed by atoms with Crippen LogP contribution in [0, 0.1) is 5.92 Å². The van der Waals surface area contributed by atoms with E-state index in [4.69, 9.17) is 5.73 Å². The number of hydrogen-bond acceptors (Lipinski definition) is 4. The predicted octanol–water partition coefficient (Wildman–Crippen LogP) is 2.03. The van der Waals surface area contributed by atoms with E-state index in [1.54, 1.807) is 0 Å². The van der Waals surface area contributed by atoms with Gasteiger partial charge in [-0.15, -0.1) is 0 Å². The molecular weight excluding hydrogens is 264 g/mol. The molecule has 1 aromatic heterocycles. The van der Waals surface area contributed by atoms with Crippen molar-refractivity contribution in [1.29, 1.82) is 0 Å². The van der Waals surface area contributed by atoms with Crippen LogP contribution in [-0.2, 0) is 4.79 Å². The topological polar surface area (TPSA) is 71.2 Å². The first-order valence-corrected chi connectivity index (χ1v) is 7.10. The van der Waals surface area contributed by atoms with Crippen molar-refractivity contribution in [3.05, 3.63) is 30.3 Å². The average Bonchev–Trinajstić information content (AvgIpc) is 2.44. The molecule has 2 rings (SSSR count). The fourth-order valence-electron chi connectivity index (χ4n) is 2.02. The van der Waals surface area contributed by atoms with Crippen LogP contribution < -0.4 is 16.0 Å². The highest BCUT2D eigenvalue weighted by atomic mass is 16.2. The summed E-state index contributed by atoms with van der Waals surface area (Å²) in [6.07, 6.45) is 0. The van der Waals surface area contributed by atoms with Gasteiger partial charge in [0, 0.05) is 24.7 Å². The van der Waals surface area contributed by atoms with Crippen LogP contribution >= 0.6 is 0 Å². The fourth-order valence-corrected chi connectivity index (χ4v) is 2.02. The first-order valence-electron chi connectivity index (χ1n) is 7.10. The lowest BCUT2D eigenvalue weighted by Gasteiger charge is -2.18. The predicted molar refractivity (Wildman–Crippen MR) is 87.3 cm³/mol. The van der Waals surface area contributed by atoms with E-state index in [1.165, 1.54) is 0 Å². The molecule has 0 radical (unpaired) electrons. The molecule has 21 heavy (non-hydrogen) atoms. The maximum absolute atomic E-state index is 11.8. The van der Waals surface area contributed by atoms with Crippen molar-refractivity contribution >= 4 is 28.3 Å². The summed E-state index contributed by atoms with van der Waals surface area (Å²) in [5, 5.41) is 3.90. The molecule has 112 valence electrons. The molecule has 0 aliphatic heterocycles. The number of carbonyl (C=O) groups excluding carboxylic acids is 1. The Bertz CT molecular complexity index is 639. The number of benzene rings is 1. The van der Waals surface area contributed by atoms with Crippen LogP contribution in [0.1, 0.15) is 13.8 Å². The molecule has 0 unspecified atom stereocenters. The van der Waals surface area contributed by atoms with Crippen molar-refractivity contribution in [2.45, 2.75) is 13.8 Å². The molecule has 0 aliphatic carbocycles. The van der Waals surface area contributed by atoms with Crippen LogP contribution in [0.3, 0.4) is 0 Å². The minimum atomic E-state index is 0.00500. The van der Waals surface area contributed by atoms with Gasteiger partial charge in [0.2, 0.25) is 5.91 Å². The van der Waals surface area contributed by atoms with Crippen molar-refractivity contribution in [2.75, 3.05) is 30.8 Å². The summed E-state index contributed by atoms with van der Waals surface area (Å²) in [5.74, 6) is 1.22. The first-order chi connectivity index (χ1) is 9.95. The molecule has 0 saturated carbocycles. The summed E-state index contributed by atoms with van der Waals surface area (Å²) in [6, 6.07) is 9.48. The number of carbonyl (C=O) groups is 1. The van der Waals surface area contributed by atoms with Gasteiger partial charge in [-0.25, -0.2) is 4.98 Å². The summed E-state index contributed by atoms with van der Waals surface area (Å²) in [4.78, 5) is 18.2. The third kappa shape index (κ3) is 4.08. The molecule has 0 atom stereocenters. The van der Waals surface area contributed by atoms with Gasteiger partial charge in [0.15, 0.2) is 0 Å². The van der Waals surface area contributed by atoms with Crippen LogP contribution in [0.25, 0.3) is 10.9 Å². The Hall–Kier alpha value is -2.30. The molecule has 3 N–H and O–H groups in total. The number of likely N-dealkylation sites (N-methyl/N-ethyl adjacent to an activating group) is 1. The van der Waals surface area contributed by atoms with Gasteiger partial charge >= 0.3 is 0 Å². The Morgan fingerprint density at radius 2 is 2.10 bits per heavy atom. The molecule has 5 nitrogen and oxygen atoms in total. The number of aromatic nitrogens is 1. The van der Waals surface area contributed by atoms with E-state index in [0.717, 1.165) is 22.4 Å². The van der Waals surface area contributed by atoms with Gasteiger partial charge in [-0.1, -0.05) is 13.8 Å². The Labute approximate surface area is 125 Å². The van der Waals surface area contributed by atoms with Crippen molar-refractivity contribution in [3.63, 3.8) is 0 Å². The quantitative estimate of drug-likeness (QED) is 0.825. The number of rotatable bonds is 5. The lowest BCUT2D eigenvalue weighted by molar-refractivity contribution is -0.119. The maximum atomic E-state index is 11.8. The molecule has 0 saturated heterocycles. The minimum Gasteiger partial charge on any atom is -0.399 e. The molecule has 0 spiro atoms. The second-order valence-corrected chi connectivity index (χ2v) is 5.68. The zero-order valence-corrected chi connectivity index (χ0v) is 12.8. The first kappa shape index (κ1) is 15.1. The van der Waals surface area contributed by atoms with Crippen molar-refractivity contribution in [3.8, 4) is 0 Å². The van der Waals surface area contributed by atoms with E-state index >= 15 is 0 Å². The van der Waals surface area contributed by atoms with Crippen LogP contribution in [-0.4, -0.2) is 31.0 Å². The molecule has 1 amide bonds. The summed E-state index contributed by atoms with van der Waals surface area (Å²) in [6.45, 7) is 5.12. The molecule has 2 aromatic rings. The number of pyridine rings is 1. The van der Waals surface area contributed by atoms with Crippen molar-refractivity contribution < 1.29 is 4.79 Å². The van der Waals surface area contributed by atoms with Gasteiger partial charge in [0.05, 0.1) is 12.1 Å². The van der Waals surface area contributed by atoms with E-state index < -0.39 is 0 Å². The number of nitrogen functional groups attached to an aromatic ring is 1. The summed E-state index contributed by atoms with van der Waals surface area (Å²) in [5.41, 5.74) is 7.35. The van der Waals surface area contributed by atoms with Gasteiger partial charge < -0.3 is 16.0 Å². The zero-order valence-electron chi connectivity index (χ0n) is 12.8. The molecule has 1 heterocycles. The largest absolute Gasteiger partial charge is 0.399 e. The Morgan fingerprint density at radius 1 is 1.33 bits per heavy atom. The SMILES string of the molecule is CC(C)CNC(=O)CN(C)c1ccc2cc(N)ccc2n1. The highest BCUT2D eigenvalue weighted by molar-refractivity contribution is 5.85. The van der Waals surface area contributed by atoms with Crippen LogP contribution in [0.5, 0.6) is 0 Å². The molecular formula is C16H22N4O. The minimum absolute atomic E-state index is 0.00500. The molecule has 0 fully saturated rings. The summed E-state index contributed by atoms with van der Waals surface area (Å²) in [7, 11) is 1.86. The van der Waals surface area contributed by atoms with E-state index in [-0.39, 0.29) is 5.91 Å². The maximum Gasteiger partial charge on any atom is 0.239 e. The molecule has 0 bridgehead atoms. The Balaban J connectivity index is 2.07. The summed E-state index contributed by atoms with van der Waals surface area (Å²) >= 11 is 0. The normalized spacial score (nSPS) is 10.9. The standard InChI is InChI=1S/C16H22N4O/c1-11(2)9-18-16(21)10-20(3)15-7-4-12-8-13(17)5-6-14(12)19-15/h4-8,11H,9-10,17H2,1-3H3,(H,18,21). The molecule has 5 heteroatoms. The molecule has 0 aliphatic rings. The van der Waals surface area contributed by atoms with Crippen molar-refractivity contribution in [1.82, 2.24) is 10.3 Å². The van der Waals surface area contributed by atoms with Gasteiger partial charge in [-0.2, -0.15) is 0 Å². The number of nitrogens with two attached hydrogens (primary N) is 1. The third-order valence-corrected chi connectivity index (χ3v) is 3.18. The zero-order chi connectivity index (χ0) is 15.4. The van der Waals surface area contributed by atoms with E-state index in [1.807, 2.05) is 42.3 Å². The number of nitrogens with zero attached hydrogens (tertiary/aromatic N) is 2. The van der Waals surface area contributed by atoms with E-state index in [0.29, 0.717) is 19.0 Å². The number of nitrogens with one attached hydrogen (secondary N) is 1. The lowest BCUT2D eigenvalue weighted by atomic mass is 10.2. The lowest BCUT2D eigenvalue weighted by Crippen LogP contribution is -2.37. The second-order valence-electron chi connectivity index (χ2n) is 5.68. The number of amides is 1. The Kier molecular flexibility index (Phi) is 4.62. The highest BCUT2D eigenvalue weighted by Gasteiger charge is 2.09. The summed E-state index contributed by atoms with van der Waals surface area (Å²) < 4.78 is 0. The molecule has 1 aromatic carbocycles. The second kappa shape index (κ2) is 6.43. The van der Waals surface area contributed by atoms with Gasteiger partial charge in [-0.3, -0.25) is 4.79 Å². The van der Waals surface area contributed by atoms with Crippen LogP contribution in [0.4, 0.5) is 11.5 Å². The van der Waals surface area contributed by atoms with E-state index in [9.17, 15) is 4.79 Å². The van der Waals surface area contributed by atoms with Crippen molar-refractivity contribution in [2.24, 2.45) is 5.92 Å². The van der Waals surface area contributed by atoms with Gasteiger partial charge in [0.25, 0.3) is 0 Å². The smallest absolute Gasteiger partial charge is 0.239 e.